The summed E-state index contributed by atoms with van der Waals surface area (Å²) >= 11 is 0. The van der Waals surface area contributed by atoms with E-state index in [1.807, 2.05) is 68.6 Å². The second kappa shape index (κ2) is 8.71. The van der Waals surface area contributed by atoms with E-state index in [-0.39, 0.29) is 17.7 Å². The van der Waals surface area contributed by atoms with Crippen molar-refractivity contribution >= 4 is 11.8 Å². The van der Waals surface area contributed by atoms with Crippen LogP contribution in [0.4, 0.5) is 0 Å². The number of carbonyl (C=O) groups excluding carboxylic acids is 2. The first kappa shape index (κ1) is 19.0. The van der Waals surface area contributed by atoms with Gasteiger partial charge in [-0.05, 0) is 43.2 Å². The Kier molecular flexibility index (Phi) is 6.12. The average molecular weight is 366 g/mol. The highest BCUT2D eigenvalue weighted by atomic mass is 16.5. The van der Waals surface area contributed by atoms with E-state index < -0.39 is 0 Å². The van der Waals surface area contributed by atoms with Crippen molar-refractivity contribution in [2.24, 2.45) is 5.92 Å². The number of benzene rings is 2. The van der Waals surface area contributed by atoms with Crippen LogP contribution in [0, 0.1) is 5.92 Å². The molecule has 5 nitrogen and oxygen atoms in total. The van der Waals surface area contributed by atoms with Gasteiger partial charge in [-0.3, -0.25) is 9.59 Å². The van der Waals surface area contributed by atoms with Gasteiger partial charge in [-0.1, -0.05) is 30.3 Å². The molecule has 1 unspecified atom stereocenters. The zero-order valence-electron chi connectivity index (χ0n) is 15.9. The van der Waals surface area contributed by atoms with Crippen LogP contribution in [0.15, 0.2) is 54.6 Å². The first-order chi connectivity index (χ1) is 13.1. The summed E-state index contributed by atoms with van der Waals surface area (Å²) in [7, 11) is 1.82. The molecule has 1 fully saturated rings. The molecule has 1 atom stereocenters. The van der Waals surface area contributed by atoms with E-state index in [0.29, 0.717) is 32.5 Å². The van der Waals surface area contributed by atoms with Crippen LogP contribution in [0.25, 0.3) is 0 Å². The molecule has 0 spiro atoms. The SMILES string of the molecule is CCN1CC(C(=O)N(C)Cc2ccc(Oc3ccccc3)cc2)CCC1=O. The Hall–Kier alpha value is -2.82. The minimum atomic E-state index is -0.103. The molecular weight excluding hydrogens is 340 g/mol. The maximum atomic E-state index is 12.7. The highest BCUT2D eigenvalue weighted by Crippen LogP contribution is 2.23. The summed E-state index contributed by atoms with van der Waals surface area (Å²) in [5.74, 6) is 1.71. The number of amides is 2. The lowest BCUT2D eigenvalue weighted by atomic mass is 9.96. The molecule has 0 aliphatic carbocycles. The highest BCUT2D eigenvalue weighted by molar-refractivity contribution is 5.83. The van der Waals surface area contributed by atoms with Crippen LogP contribution in [-0.2, 0) is 16.1 Å². The predicted octanol–water partition coefficient (Wildman–Crippen LogP) is 3.70. The molecule has 1 heterocycles. The van der Waals surface area contributed by atoms with Gasteiger partial charge in [0, 0.05) is 33.1 Å². The molecule has 3 rings (SSSR count). The van der Waals surface area contributed by atoms with Crippen LogP contribution in [-0.4, -0.2) is 41.8 Å². The third-order valence-electron chi connectivity index (χ3n) is 4.93. The summed E-state index contributed by atoms with van der Waals surface area (Å²) in [4.78, 5) is 28.1. The third kappa shape index (κ3) is 4.88. The van der Waals surface area contributed by atoms with E-state index >= 15 is 0 Å². The largest absolute Gasteiger partial charge is 0.457 e. The Bertz CT molecular complexity index is 774. The van der Waals surface area contributed by atoms with E-state index in [1.54, 1.807) is 9.80 Å². The fraction of sp³-hybridized carbons (Fsp3) is 0.364. The number of nitrogens with zero attached hydrogens (tertiary/aromatic N) is 2. The molecule has 0 aromatic heterocycles. The summed E-state index contributed by atoms with van der Waals surface area (Å²) in [5, 5.41) is 0. The highest BCUT2D eigenvalue weighted by Gasteiger charge is 2.30. The summed E-state index contributed by atoms with van der Waals surface area (Å²) in [6.07, 6.45) is 1.10. The molecule has 142 valence electrons. The van der Waals surface area contributed by atoms with Gasteiger partial charge in [-0.25, -0.2) is 0 Å². The average Bonchev–Trinajstić information content (AvgIpc) is 2.70. The third-order valence-corrected chi connectivity index (χ3v) is 4.93. The zero-order valence-corrected chi connectivity index (χ0v) is 15.9. The van der Waals surface area contributed by atoms with Gasteiger partial charge >= 0.3 is 0 Å². The van der Waals surface area contributed by atoms with Crippen molar-refractivity contribution < 1.29 is 14.3 Å². The smallest absolute Gasteiger partial charge is 0.227 e. The molecule has 2 aromatic carbocycles. The zero-order chi connectivity index (χ0) is 19.2. The summed E-state index contributed by atoms with van der Waals surface area (Å²) in [6.45, 7) is 3.69. The molecule has 1 saturated heterocycles. The number of carbonyl (C=O) groups is 2. The molecule has 0 saturated carbocycles. The second-order valence-corrected chi connectivity index (χ2v) is 6.92. The van der Waals surface area contributed by atoms with Gasteiger partial charge in [-0.2, -0.15) is 0 Å². The molecule has 0 N–H and O–H groups in total. The lowest BCUT2D eigenvalue weighted by molar-refractivity contribution is -0.142. The van der Waals surface area contributed by atoms with Gasteiger partial charge in [0.15, 0.2) is 0 Å². The normalized spacial score (nSPS) is 16.9. The van der Waals surface area contributed by atoms with Crippen LogP contribution in [0.5, 0.6) is 11.5 Å². The van der Waals surface area contributed by atoms with Crippen molar-refractivity contribution in [3.63, 3.8) is 0 Å². The second-order valence-electron chi connectivity index (χ2n) is 6.92. The van der Waals surface area contributed by atoms with Crippen LogP contribution < -0.4 is 4.74 Å². The molecular formula is C22H26N2O3. The quantitative estimate of drug-likeness (QED) is 0.783. The molecule has 0 radical (unpaired) electrons. The number of piperidine rings is 1. The summed E-state index contributed by atoms with van der Waals surface area (Å²) in [6, 6.07) is 17.4. The van der Waals surface area contributed by atoms with Crippen molar-refractivity contribution in [2.75, 3.05) is 20.1 Å². The molecule has 1 aliphatic rings. The predicted molar refractivity (Wildman–Crippen MR) is 104 cm³/mol. The number of hydrogen-bond donors (Lipinski definition) is 0. The Morgan fingerprint density at radius 3 is 2.44 bits per heavy atom. The fourth-order valence-corrected chi connectivity index (χ4v) is 3.37. The minimum Gasteiger partial charge on any atom is -0.457 e. The van der Waals surface area contributed by atoms with E-state index in [1.165, 1.54) is 0 Å². The van der Waals surface area contributed by atoms with E-state index in [0.717, 1.165) is 17.1 Å². The lowest BCUT2D eigenvalue weighted by Gasteiger charge is -2.33. The van der Waals surface area contributed by atoms with Crippen molar-refractivity contribution in [3.8, 4) is 11.5 Å². The Morgan fingerprint density at radius 2 is 1.78 bits per heavy atom. The number of hydrogen-bond acceptors (Lipinski definition) is 3. The Morgan fingerprint density at radius 1 is 1.11 bits per heavy atom. The van der Waals surface area contributed by atoms with Gasteiger partial charge in [-0.15, -0.1) is 0 Å². The molecule has 2 amide bonds. The minimum absolute atomic E-state index is 0.102. The number of rotatable bonds is 6. The molecule has 5 heteroatoms. The van der Waals surface area contributed by atoms with E-state index in [4.69, 9.17) is 4.74 Å². The van der Waals surface area contributed by atoms with Crippen LogP contribution in [0.1, 0.15) is 25.3 Å². The first-order valence-electron chi connectivity index (χ1n) is 9.41. The van der Waals surface area contributed by atoms with Crippen molar-refractivity contribution in [1.29, 1.82) is 0 Å². The van der Waals surface area contributed by atoms with Crippen molar-refractivity contribution in [2.45, 2.75) is 26.3 Å². The maximum absolute atomic E-state index is 12.7. The topological polar surface area (TPSA) is 49.9 Å². The molecule has 2 aromatic rings. The Balaban J connectivity index is 1.56. The van der Waals surface area contributed by atoms with Gasteiger partial charge in [0.1, 0.15) is 11.5 Å². The van der Waals surface area contributed by atoms with Gasteiger partial charge in [0.2, 0.25) is 11.8 Å². The number of likely N-dealkylation sites (tertiary alicyclic amines) is 1. The monoisotopic (exact) mass is 366 g/mol. The van der Waals surface area contributed by atoms with Crippen molar-refractivity contribution in [3.05, 3.63) is 60.2 Å². The van der Waals surface area contributed by atoms with E-state index in [9.17, 15) is 9.59 Å². The summed E-state index contributed by atoms with van der Waals surface area (Å²) < 4.78 is 5.80. The number of ether oxygens (including phenoxy) is 1. The van der Waals surface area contributed by atoms with Crippen LogP contribution in [0.2, 0.25) is 0 Å². The fourth-order valence-electron chi connectivity index (χ4n) is 3.37. The molecule has 0 bridgehead atoms. The van der Waals surface area contributed by atoms with Crippen molar-refractivity contribution in [1.82, 2.24) is 9.80 Å². The van der Waals surface area contributed by atoms with Gasteiger partial charge in [0.25, 0.3) is 0 Å². The van der Waals surface area contributed by atoms with Crippen LogP contribution >= 0.6 is 0 Å². The van der Waals surface area contributed by atoms with E-state index in [2.05, 4.69) is 0 Å². The lowest BCUT2D eigenvalue weighted by Crippen LogP contribution is -2.45. The standard InChI is InChI=1S/C22H26N2O3/c1-3-24-16-18(11-14-21(24)25)22(26)23(2)15-17-9-12-20(13-10-17)27-19-7-5-4-6-8-19/h4-10,12-13,18H,3,11,14-16H2,1-2H3. The molecule has 1 aliphatic heterocycles. The van der Waals surface area contributed by atoms with Crippen LogP contribution in [0.3, 0.4) is 0 Å². The van der Waals surface area contributed by atoms with Gasteiger partial charge in [0.05, 0.1) is 5.92 Å². The Labute approximate surface area is 160 Å². The maximum Gasteiger partial charge on any atom is 0.227 e. The summed E-state index contributed by atoms with van der Waals surface area (Å²) in [5.41, 5.74) is 1.05. The molecule has 27 heavy (non-hydrogen) atoms. The van der Waals surface area contributed by atoms with Gasteiger partial charge < -0.3 is 14.5 Å². The number of para-hydroxylation sites is 1. The first-order valence-corrected chi connectivity index (χ1v) is 9.41.